The predicted octanol–water partition coefficient (Wildman–Crippen LogP) is 0.660. The molecule has 3 aliphatic heterocycles. The van der Waals surface area contributed by atoms with Crippen molar-refractivity contribution in [2.75, 3.05) is 19.6 Å². The van der Waals surface area contributed by atoms with Crippen molar-refractivity contribution in [3.63, 3.8) is 0 Å². The minimum Gasteiger partial charge on any atom is -0.337 e. The van der Waals surface area contributed by atoms with Crippen molar-refractivity contribution in [3.05, 3.63) is 69.0 Å². The monoisotopic (exact) mass is 368 g/mol. The Labute approximate surface area is 157 Å². The Kier molecular flexibility index (Phi) is 4.94. The van der Waals surface area contributed by atoms with Gasteiger partial charge in [0.1, 0.15) is 6.54 Å². The third kappa shape index (κ3) is 4.03. The molecule has 0 saturated carbocycles. The number of H-pyrrole nitrogens is 1. The Hall–Kier alpha value is -2.67. The number of benzene rings is 1. The normalized spacial score (nSPS) is 22.6. The summed E-state index contributed by atoms with van der Waals surface area (Å²) < 4.78 is 1.27. The minimum absolute atomic E-state index is 0.0302. The van der Waals surface area contributed by atoms with E-state index in [1.54, 1.807) is 0 Å². The van der Waals surface area contributed by atoms with Crippen LogP contribution in [0.4, 0.5) is 0 Å². The highest BCUT2D eigenvalue weighted by Gasteiger charge is 2.37. The maximum absolute atomic E-state index is 12.9. The van der Waals surface area contributed by atoms with E-state index in [4.69, 9.17) is 0 Å². The first-order valence-corrected chi connectivity index (χ1v) is 9.44. The Balaban J connectivity index is 1.46. The summed E-state index contributed by atoms with van der Waals surface area (Å²) in [5, 5.41) is 0. The summed E-state index contributed by atoms with van der Waals surface area (Å²) in [6.07, 6.45) is 3.53. The van der Waals surface area contributed by atoms with Crippen LogP contribution in [0.1, 0.15) is 18.4 Å². The van der Waals surface area contributed by atoms with Gasteiger partial charge in [-0.2, -0.15) is 0 Å². The van der Waals surface area contributed by atoms with E-state index >= 15 is 0 Å². The summed E-state index contributed by atoms with van der Waals surface area (Å²) in [4.78, 5) is 42.5. The van der Waals surface area contributed by atoms with Crippen LogP contribution in [0.2, 0.25) is 0 Å². The highest BCUT2D eigenvalue weighted by Crippen LogP contribution is 2.29. The van der Waals surface area contributed by atoms with E-state index in [9.17, 15) is 14.4 Å². The molecular weight excluding hydrogens is 344 g/mol. The number of carbonyl (C=O) groups is 1. The molecule has 4 heterocycles. The molecule has 3 saturated heterocycles. The summed E-state index contributed by atoms with van der Waals surface area (Å²) in [5.74, 6) is 0.407. The number of hydrogen-bond acceptors (Lipinski definition) is 4. The lowest BCUT2D eigenvalue weighted by Crippen LogP contribution is -2.49. The molecule has 2 aromatic rings. The molecule has 1 aromatic carbocycles. The van der Waals surface area contributed by atoms with Crippen LogP contribution >= 0.6 is 0 Å². The summed E-state index contributed by atoms with van der Waals surface area (Å²) >= 11 is 0. The summed E-state index contributed by atoms with van der Waals surface area (Å²) in [6.45, 7) is 3.46. The molecule has 1 aromatic heterocycles. The first kappa shape index (κ1) is 17.7. The first-order chi connectivity index (χ1) is 13.1. The highest BCUT2D eigenvalue weighted by molar-refractivity contribution is 5.76. The summed E-state index contributed by atoms with van der Waals surface area (Å²) in [5.41, 5.74) is 0.298. The Morgan fingerprint density at radius 1 is 1.04 bits per heavy atom. The zero-order chi connectivity index (χ0) is 18.8. The van der Waals surface area contributed by atoms with E-state index < -0.39 is 11.2 Å². The minimum atomic E-state index is -0.540. The lowest BCUT2D eigenvalue weighted by atomic mass is 9.95. The number of nitrogens with zero attached hydrogens (tertiary/aromatic N) is 3. The molecule has 0 spiro atoms. The van der Waals surface area contributed by atoms with Gasteiger partial charge in [-0.1, -0.05) is 30.3 Å². The molecular formula is C20H24N4O3. The maximum atomic E-state index is 12.9. The van der Waals surface area contributed by atoms with E-state index in [-0.39, 0.29) is 18.5 Å². The second-order valence-electron chi connectivity index (χ2n) is 7.56. The van der Waals surface area contributed by atoms with Gasteiger partial charge in [-0.3, -0.25) is 24.0 Å². The number of hydrogen-bond donors (Lipinski definition) is 1. The van der Waals surface area contributed by atoms with Gasteiger partial charge in [0, 0.05) is 44.5 Å². The lowest BCUT2D eigenvalue weighted by molar-refractivity contribution is -0.136. The molecule has 27 heavy (non-hydrogen) atoms. The number of rotatable bonds is 4. The summed E-state index contributed by atoms with van der Waals surface area (Å²) in [6, 6.07) is 11.9. The second-order valence-corrected chi connectivity index (χ2v) is 7.56. The molecule has 3 fully saturated rings. The Morgan fingerprint density at radius 3 is 2.63 bits per heavy atom. The third-order valence-electron chi connectivity index (χ3n) is 5.56. The van der Waals surface area contributed by atoms with Crippen molar-refractivity contribution in [1.29, 1.82) is 0 Å². The van der Waals surface area contributed by atoms with Crippen molar-refractivity contribution >= 4 is 5.91 Å². The average Bonchev–Trinajstić information content (AvgIpc) is 2.95. The van der Waals surface area contributed by atoms with Crippen LogP contribution in [0.15, 0.2) is 52.2 Å². The summed E-state index contributed by atoms with van der Waals surface area (Å²) in [7, 11) is 0. The van der Waals surface area contributed by atoms with E-state index in [0.717, 1.165) is 39.0 Å². The Morgan fingerprint density at radius 2 is 1.85 bits per heavy atom. The van der Waals surface area contributed by atoms with Crippen molar-refractivity contribution < 1.29 is 4.79 Å². The first-order valence-electron chi connectivity index (χ1n) is 9.44. The molecule has 2 bridgehead atoms. The van der Waals surface area contributed by atoms with Crippen LogP contribution < -0.4 is 11.2 Å². The molecule has 1 N–H and O–H groups in total. The van der Waals surface area contributed by atoms with Gasteiger partial charge in [0.25, 0.3) is 5.56 Å². The standard InChI is InChI=1S/C20H24N4O3/c25-18-8-9-23(20(27)21-18)14-19(26)24-12-16-6-7-17(24)13-22(11-16)10-15-4-2-1-3-5-15/h1-5,8-9,16-17H,6-7,10-14H2,(H,21,25,27)/t16-,17+/m0/s1. The number of nitrogens with one attached hydrogen (secondary N) is 1. The molecule has 0 unspecified atom stereocenters. The predicted molar refractivity (Wildman–Crippen MR) is 101 cm³/mol. The molecule has 2 atom stereocenters. The number of aromatic nitrogens is 2. The van der Waals surface area contributed by atoms with Crippen LogP contribution in [0, 0.1) is 5.92 Å². The highest BCUT2D eigenvalue weighted by atomic mass is 16.2. The molecule has 142 valence electrons. The van der Waals surface area contributed by atoms with Gasteiger partial charge < -0.3 is 4.90 Å². The largest absolute Gasteiger partial charge is 0.337 e. The van der Waals surface area contributed by atoms with Gasteiger partial charge in [0.05, 0.1) is 0 Å². The molecule has 0 radical (unpaired) electrons. The Bertz CT molecular complexity index is 921. The number of fused-ring (bicyclic) bond motifs is 4. The quantitative estimate of drug-likeness (QED) is 0.860. The van der Waals surface area contributed by atoms with Crippen molar-refractivity contribution in [3.8, 4) is 0 Å². The fraction of sp³-hybridized carbons (Fsp3) is 0.450. The molecule has 5 rings (SSSR count). The van der Waals surface area contributed by atoms with Crippen LogP contribution in [-0.2, 0) is 17.9 Å². The molecule has 3 aliphatic rings. The number of amides is 1. The number of aromatic amines is 1. The smallest absolute Gasteiger partial charge is 0.328 e. The maximum Gasteiger partial charge on any atom is 0.328 e. The van der Waals surface area contributed by atoms with Crippen molar-refractivity contribution in [1.82, 2.24) is 19.4 Å². The van der Waals surface area contributed by atoms with Gasteiger partial charge in [0.2, 0.25) is 5.91 Å². The zero-order valence-corrected chi connectivity index (χ0v) is 15.2. The van der Waals surface area contributed by atoms with Gasteiger partial charge in [0.15, 0.2) is 0 Å². The molecule has 7 nitrogen and oxygen atoms in total. The molecule has 7 heteroatoms. The topological polar surface area (TPSA) is 78.4 Å². The van der Waals surface area contributed by atoms with Gasteiger partial charge in [-0.15, -0.1) is 0 Å². The average molecular weight is 368 g/mol. The van der Waals surface area contributed by atoms with Crippen molar-refractivity contribution in [2.45, 2.75) is 32.0 Å². The van der Waals surface area contributed by atoms with E-state index in [0.29, 0.717) is 5.92 Å². The number of piperidine rings is 1. The van der Waals surface area contributed by atoms with Crippen LogP contribution in [0.3, 0.4) is 0 Å². The van der Waals surface area contributed by atoms with E-state index in [2.05, 4.69) is 34.1 Å². The van der Waals surface area contributed by atoms with Crippen LogP contribution in [0.25, 0.3) is 0 Å². The number of carbonyl (C=O) groups excluding carboxylic acids is 1. The van der Waals surface area contributed by atoms with Crippen LogP contribution in [-0.4, -0.2) is 50.9 Å². The van der Waals surface area contributed by atoms with Crippen molar-refractivity contribution in [2.24, 2.45) is 5.92 Å². The molecule has 0 aliphatic carbocycles. The molecule has 1 amide bonds. The van der Waals surface area contributed by atoms with Gasteiger partial charge in [-0.05, 0) is 24.3 Å². The zero-order valence-electron chi connectivity index (χ0n) is 15.2. The fourth-order valence-corrected chi connectivity index (χ4v) is 4.26. The lowest BCUT2D eigenvalue weighted by Gasteiger charge is -2.36. The van der Waals surface area contributed by atoms with Crippen LogP contribution in [0.5, 0.6) is 0 Å². The third-order valence-corrected chi connectivity index (χ3v) is 5.56. The van der Waals surface area contributed by atoms with E-state index in [1.807, 2.05) is 11.0 Å². The van der Waals surface area contributed by atoms with E-state index in [1.165, 1.54) is 22.4 Å². The van der Waals surface area contributed by atoms with Gasteiger partial charge >= 0.3 is 5.69 Å². The SMILES string of the molecule is O=C(Cn1ccc(=O)[nH]c1=O)N1C[C@H]2CC[C@@H]1CN(Cc1ccccc1)C2. The second kappa shape index (κ2) is 7.52. The van der Waals surface area contributed by atoms with Gasteiger partial charge in [-0.25, -0.2) is 4.79 Å². The fourth-order valence-electron chi connectivity index (χ4n) is 4.26.